The third-order valence-electron chi connectivity index (χ3n) is 2.20. The Morgan fingerprint density at radius 3 is 2.62 bits per heavy atom. The van der Waals surface area contributed by atoms with Gasteiger partial charge in [-0.15, -0.1) is 0 Å². The van der Waals surface area contributed by atoms with E-state index in [2.05, 4.69) is 11.9 Å². The van der Waals surface area contributed by atoms with Crippen molar-refractivity contribution in [2.75, 3.05) is 0 Å². The molecule has 0 aliphatic carbocycles. The first-order chi connectivity index (χ1) is 6.15. The Hall–Kier alpha value is -0.960. The summed E-state index contributed by atoms with van der Waals surface area (Å²) in [5, 5.41) is 0. The molecule has 1 aromatic heterocycles. The van der Waals surface area contributed by atoms with Crippen LogP contribution in [-0.4, -0.2) is 11.0 Å². The third kappa shape index (κ3) is 2.49. The lowest BCUT2D eigenvalue weighted by atomic mass is 9.95. The van der Waals surface area contributed by atoms with Crippen molar-refractivity contribution >= 4 is 0 Å². The van der Waals surface area contributed by atoms with E-state index in [1.54, 1.807) is 6.07 Å². The minimum Gasteiger partial charge on any atom is -0.327 e. The Bertz CT molecular complexity index is 256. The lowest BCUT2D eigenvalue weighted by Gasteiger charge is -2.17. The highest BCUT2D eigenvalue weighted by Gasteiger charge is 2.14. The van der Waals surface area contributed by atoms with E-state index in [4.69, 9.17) is 5.73 Å². The summed E-state index contributed by atoms with van der Waals surface area (Å²) in [5.74, 6) is -0.0797. The average molecular weight is 182 g/mol. The predicted octanol–water partition coefficient (Wildman–Crippen LogP) is 2.06. The summed E-state index contributed by atoms with van der Waals surface area (Å²) in [6.07, 6.45) is 2.16. The van der Waals surface area contributed by atoms with Crippen LogP contribution in [0.5, 0.6) is 0 Å². The number of halogens is 1. The van der Waals surface area contributed by atoms with Crippen LogP contribution in [0.25, 0.3) is 0 Å². The minimum atomic E-state index is -0.303. The van der Waals surface area contributed by atoms with Gasteiger partial charge in [-0.2, -0.15) is 0 Å². The second-order valence-corrected chi connectivity index (χ2v) is 3.28. The van der Waals surface area contributed by atoms with Crippen LogP contribution in [0.15, 0.2) is 18.3 Å². The first-order valence-electron chi connectivity index (χ1n) is 4.52. The molecule has 0 bridgehead atoms. The number of aromatic nitrogens is 1. The van der Waals surface area contributed by atoms with Gasteiger partial charge in [0.1, 0.15) is 5.82 Å². The molecule has 2 unspecified atom stereocenters. The van der Waals surface area contributed by atoms with Crippen LogP contribution >= 0.6 is 0 Å². The number of rotatable bonds is 3. The van der Waals surface area contributed by atoms with Gasteiger partial charge in [-0.05, 0) is 25.5 Å². The predicted molar refractivity (Wildman–Crippen MR) is 50.9 cm³/mol. The SMILES string of the molecule is CCC(c1ccc(F)cn1)C(C)N. The van der Waals surface area contributed by atoms with Crippen molar-refractivity contribution < 1.29 is 4.39 Å². The van der Waals surface area contributed by atoms with Crippen LogP contribution in [0, 0.1) is 5.82 Å². The normalized spacial score (nSPS) is 15.4. The molecule has 72 valence electrons. The van der Waals surface area contributed by atoms with E-state index in [0.717, 1.165) is 12.1 Å². The molecule has 1 rings (SSSR count). The summed E-state index contributed by atoms with van der Waals surface area (Å²) in [4.78, 5) is 4.02. The van der Waals surface area contributed by atoms with Gasteiger partial charge in [-0.1, -0.05) is 6.92 Å². The number of pyridine rings is 1. The molecule has 0 radical (unpaired) electrons. The number of nitrogens with two attached hydrogens (primary N) is 1. The Labute approximate surface area is 78.0 Å². The molecule has 2 atom stereocenters. The first-order valence-corrected chi connectivity index (χ1v) is 4.52. The smallest absolute Gasteiger partial charge is 0.141 e. The number of hydrogen-bond acceptors (Lipinski definition) is 2. The van der Waals surface area contributed by atoms with Gasteiger partial charge in [0.25, 0.3) is 0 Å². The number of hydrogen-bond donors (Lipinski definition) is 1. The van der Waals surface area contributed by atoms with Gasteiger partial charge in [0.15, 0.2) is 0 Å². The van der Waals surface area contributed by atoms with Crippen LogP contribution in [-0.2, 0) is 0 Å². The van der Waals surface area contributed by atoms with Crippen molar-refractivity contribution in [2.45, 2.75) is 32.2 Å². The summed E-state index contributed by atoms with van der Waals surface area (Å²) in [6.45, 7) is 4.00. The van der Waals surface area contributed by atoms with Crippen LogP contribution in [0.4, 0.5) is 4.39 Å². The Kier molecular flexibility index (Phi) is 3.37. The topological polar surface area (TPSA) is 38.9 Å². The second-order valence-electron chi connectivity index (χ2n) is 3.28. The zero-order chi connectivity index (χ0) is 9.84. The van der Waals surface area contributed by atoms with Crippen LogP contribution in [0.2, 0.25) is 0 Å². The standard InChI is InChI=1S/C10H15FN2/c1-3-9(7(2)12)10-5-4-8(11)6-13-10/h4-7,9H,3,12H2,1-2H3. The fraction of sp³-hybridized carbons (Fsp3) is 0.500. The largest absolute Gasteiger partial charge is 0.327 e. The average Bonchev–Trinajstić information content (AvgIpc) is 2.09. The molecule has 0 saturated carbocycles. The Balaban J connectivity index is 2.86. The fourth-order valence-electron chi connectivity index (χ4n) is 1.46. The summed E-state index contributed by atoms with van der Waals surface area (Å²) >= 11 is 0. The highest BCUT2D eigenvalue weighted by Crippen LogP contribution is 2.19. The Morgan fingerprint density at radius 2 is 2.23 bits per heavy atom. The van der Waals surface area contributed by atoms with Crippen molar-refractivity contribution in [3.8, 4) is 0 Å². The van der Waals surface area contributed by atoms with Crippen molar-refractivity contribution in [3.63, 3.8) is 0 Å². The summed E-state index contributed by atoms with van der Waals surface area (Å²) in [6, 6.07) is 3.18. The highest BCUT2D eigenvalue weighted by molar-refractivity contribution is 5.12. The van der Waals surface area contributed by atoms with Crippen molar-refractivity contribution in [2.24, 2.45) is 5.73 Å². The van der Waals surface area contributed by atoms with Gasteiger partial charge in [-0.3, -0.25) is 4.98 Å². The van der Waals surface area contributed by atoms with E-state index < -0.39 is 0 Å². The summed E-state index contributed by atoms with van der Waals surface area (Å²) in [7, 11) is 0. The van der Waals surface area contributed by atoms with E-state index in [9.17, 15) is 4.39 Å². The van der Waals surface area contributed by atoms with Gasteiger partial charge in [0.2, 0.25) is 0 Å². The molecule has 0 saturated heterocycles. The van der Waals surface area contributed by atoms with E-state index in [0.29, 0.717) is 0 Å². The zero-order valence-electron chi connectivity index (χ0n) is 8.00. The summed E-state index contributed by atoms with van der Waals surface area (Å²) in [5.41, 5.74) is 6.66. The monoisotopic (exact) mass is 182 g/mol. The maximum atomic E-state index is 12.6. The first kappa shape index (κ1) is 10.1. The molecule has 1 heterocycles. The fourth-order valence-corrected chi connectivity index (χ4v) is 1.46. The van der Waals surface area contributed by atoms with Crippen molar-refractivity contribution in [3.05, 3.63) is 29.8 Å². The van der Waals surface area contributed by atoms with E-state index >= 15 is 0 Å². The molecule has 0 aromatic carbocycles. The Morgan fingerprint density at radius 1 is 1.54 bits per heavy atom. The molecule has 2 N–H and O–H groups in total. The lowest BCUT2D eigenvalue weighted by molar-refractivity contribution is 0.535. The number of nitrogens with zero attached hydrogens (tertiary/aromatic N) is 1. The van der Waals surface area contributed by atoms with Gasteiger partial charge in [-0.25, -0.2) is 4.39 Å². The molecule has 0 aliphatic rings. The van der Waals surface area contributed by atoms with Gasteiger partial charge in [0, 0.05) is 17.7 Å². The lowest BCUT2D eigenvalue weighted by Crippen LogP contribution is -2.24. The van der Waals surface area contributed by atoms with Gasteiger partial charge in [0.05, 0.1) is 6.20 Å². The van der Waals surface area contributed by atoms with Crippen LogP contribution < -0.4 is 5.73 Å². The molecule has 2 nitrogen and oxygen atoms in total. The van der Waals surface area contributed by atoms with E-state index in [1.165, 1.54) is 12.3 Å². The van der Waals surface area contributed by atoms with Crippen molar-refractivity contribution in [1.82, 2.24) is 4.98 Å². The van der Waals surface area contributed by atoms with Crippen LogP contribution in [0.3, 0.4) is 0 Å². The van der Waals surface area contributed by atoms with E-state index in [1.807, 2.05) is 6.92 Å². The van der Waals surface area contributed by atoms with Gasteiger partial charge < -0.3 is 5.73 Å². The molecule has 0 aliphatic heterocycles. The molecule has 1 aromatic rings. The maximum Gasteiger partial charge on any atom is 0.141 e. The van der Waals surface area contributed by atoms with E-state index in [-0.39, 0.29) is 17.8 Å². The molecule has 13 heavy (non-hydrogen) atoms. The molecule has 0 fully saturated rings. The molecular weight excluding hydrogens is 167 g/mol. The van der Waals surface area contributed by atoms with Gasteiger partial charge >= 0.3 is 0 Å². The molecule has 0 amide bonds. The molecule has 0 spiro atoms. The van der Waals surface area contributed by atoms with Crippen molar-refractivity contribution in [1.29, 1.82) is 0 Å². The highest BCUT2D eigenvalue weighted by atomic mass is 19.1. The van der Waals surface area contributed by atoms with Crippen LogP contribution in [0.1, 0.15) is 31.9 Å². The second kappa shape index (κ2) is 4.33. The molecule has 3 heteroatoms. The third-order valence-corrected chi connectivity index (χ3v) is 2.20. The maximum absolute atomic E-state index is 12.6. The molecular formula is C10H15FN2. The zero-order valence-corrected chi connectivity index (χ0v) is 8.00. The quantitative estimate of drug-likeness (QED) is 0.777. The minimum absolute atomic E-state index is 0.0583. The summed E-state index contributed by atoms with van der Waals surface area (Å²) < 4.78 is 12.6.